The van der Waals surface area contributed by atoms with Gasteiger partial charge >= 0.3 is 0 Å². The van der Waals surface area contributed by atoms with E-state index in [1.54, 1.807) is 11.8 Å². The topological polar surface area (TPSA) is 29.1 Å². The summed E-state index contributed by atoms with van der Waals surface area (Å²) in [5.74, 6) is 1.41. The van der Waals surface area contributed by atoms with Gasteiger partial charge in [-0.05, 0) is 11.2 Å². The van der Waals surface area contributed by atoms with E-state index >= 15 is 0 Å². The van der Waals surface area contributed by atoms with Crippen molar-refractivity contribution in [2.45, 2.75) is 45.8 Å². The summed E-state index contributed by atoms with van der Waals surface area (Å²) in [7, 11) is 0. The van der Waals surface area contributed by atoms with Gasteiger partial charge in [-0.1, -0.05) is 40.5 Å². The second kappa shape index (κ2) is 8.16. The molecule has 2 nitrogen and oxygen atoms in total. The highest BCUT2D eigenvalue weighted by Gasteiger charge is 2.07. The molecule has 0 unspecified atom stereocenters. The molecule has 0 aliphatic carbocycles. The Morgan fingerprint density at radius 3 is 2.29 bits per heavy atom. The molecule has 0 spiro atoms. The van der Waals surface area contributed by atoms with Crippen LogP contribution < -0.4 is 5.32 Å². The molecule has 0 heterocycles. The monoisotopic (exact) mass is 217 g/mol. The van der Waals surface area contributed by atoms with E-state index in [-0.39, 0.29) is 5.91 Å². The number of nitrogens with one attached hydrogen (secondary N) is 1. The van der Waals surface area contributed by atoms with Gasteiger partial charge in [0.2, 0.25) is 5.91 Å². The molecule has 0 aliphatic rings. The molecule has 0 atom stereocenters. The summed E-state index contributed by atoms with van der Waals surface area (Å²) in [4.78, 5) is 11.4. The smallest absolute Gasteiger partial charge is 0.230 e. The van der Waals surface area contributed by atoms with Crippen molar-refractivity contribution in [3.63, 3.8) is 0 Å². The van der Waals surface area contributed by atoms with Crippen LogP contribution in [-0.2, 0) is 4.79 Å². The lowest BCUT2D eigenvalue weighted by Gasteiger charge is -2.13. The van der Waals surface area contributed by atoms with E-state index in [4.69, 9.17) is 0 Å². The van der Waals surface area contributed by atoms with Crippen molar-refractivity contribution >= 4 is 17.7 Å². The molecule has 84 valence electrons. The molecule has 0 saturated heterocycles. The van der Waals surface area contributed by atoms with Crippen LogP contribution in [0.4, 0.5) is 0 Å². The highest BCUT2D eigenvalue weighted by atomic mass is 32.2. The van der Waals surface area contributed by atoms with Gasteiger partial charge in [0, 0.05) is 6.54 Å². The molecule has 0 bridgehead atoms. The van der Waals surface area contributed by atoms with Crippen molar-refractivity contribution in [3.05, 3.63) is 0 Å². The van der Waals surface area contributed by atoms with Gasteiger partial charge in [0.15, 0.2) is 0 Å². The maximum atomic E-state index is 11.4. The Balaban J connectivity index is 3.52. The molecule has 1 amide bonds. The molecule has 0 aromatic rings. The molecule has 0 radical (unpaired) electrons. The van der Waals surface area contributed by atoms with Gasteiger partial charge in [0.25, 0.3) is 0 Å². The molecule has 0 aromatic heterocycles. The summed E-state index contributed by atoms with van der Waals surface area (Å²) < 4.78 is 0. The molecule has 1 N–H and O–H groups in total. The zero-order valence-corrected chi connectivity index (χ0v) is 10.6. The summed E-state index contributed by atoms with van der Waals surface area (Å²) in [6, 6.07) is 0. The van der Waals surface area contributed by atoms with Crippen LogP contribution in [0.25, 0.3) is 0 Å². The fraction of sp³-hybridized carbons (Fsp3) is 0.909. The number of thioether (sulfide) groups is 1. The van der Waals surface area contributed by atoms with Crippen molar-refractivity contribution in [2.24, 2.45) is 5.92 Å². The number of carbonyl (C=O) groups is 1. The quantitative estimate of drug-likeness (QED) is 0.710. The van der Waals surface area contributed by atoms with Crippen LogP contribution in [0.3, 0.4) is 0 Å². The van der Waals surface area contributed by atoms with Crippen LogP contribution in [0.1, 0.15) is 40.5 Å². The lowest BCUT2D eigenvalue weighted by molar-refractivity contribution is -0.118. The fourth-order valence-electron chi connectivity index (χ4n) is 1.13. The third-order valence-electron chi connectivity index (χ3n) is 2.29. The Labute approximate surface area is 92.2 Å². The molecule has 0 fully saturated rings. The summed E-state index contributed by atoms with van der Waals surface area (Å²) in [5.41, 5.74) is 0. The first-order valence-corrected chi connectivity index (χ1v) is 6.53. The van der Waals surface area contributed by atoms with Gasteiger partial charge in [-0.15, -0.1) is 11.8 Å². The lowest BCUT2D eigenvalue weighted by atomic mass is 10.0. The van der Waals surface area contributed by atoms with Crippen molar-refractivity contribution in [2.75, 3.05) is 12.3 Å². The second-order valence-corrected chi connectivity index (χ2v) is 5.41. The molecule has 0 aliphatic heterocycles. The van der Waals surface area contributed by atoms with E-state index in [1.165, 1.54) is 0 Å². The molecule has 0 aromatic carbocycles. The van der Waals surface area contributed by atoms with Crippen LogP contribution in [-0.4, -0.2) is 23.5 Å². The minimum Gasteiger partial charge on any atom is -0.355 e. The minimum atomic E-state index is 0.176. The Morgan fingerprint density at radius 1 is 1.29 bits per heavy atom. The van der Waals surface area contributed by atoms with E-state index in [2.05, 4.69) is 33.0 Å². The SMILES string of the molecule is CCC(CC)CNC(=O)CSC(C)C. The van der Waals surface area contributed by atoms with Crippen LogP contribution >= 0.6 is 11.8 Å². The molecule has 0 rings (SSSR count). The number of rotatable bonds is 7. The Kier molecular flexibility index (Phi) is 8.05. The third-order valence-corrected chi connectivity index (χ3v) is 3.39. The van der Waals surface area contributed by atoms with Gasteiger partial charge in [-0.2, -0.15) is 0 Å². The standard InChI is InChI=1S/C11H23NOS/c1-5-10(6-2)7-12-11(13)8-14-9(3)4/h9-10H,5-8H2,1-4H3,(H,12,13). The first kappa shape index (κ1) is 13.8. The van der Waals surface area contributed by atoms with E-state index < -0.39 is 0 Å². The summed E-state index contributed by atoms with van der Waals surface area (Å²) in [5, 5.41) is 3.52. The van der Waals surface area contributed by atoms with E-state index in [1.807, 2.05) is 0 Å². The molecule has 3 heteroatoms. The molecule has 14 heavy (non-hydrogen) atoms. The molecule has 0 saturated carbocycles. The van der Waals surface area contributed by atoms with Gasteiger partial charge in [0.1, 0.15) is 0 Å². The van der Waals surface area contributed by atoms with Crippen LogP contribution in [0.15, 0.2) is 0 Å². The van der Waals surface area contributed by atoms with E-state index in [0.717, 1.165) is 19.4 Å². The van der Waals surface area contributed by atoms with Crippen molar-refractivity contribution in [1.29, 1.82) is 0 Å². The predicted molar refractivity (Wildman–Crippen MR) is 64.7 cm³/mol. The second-order valence-electron chi connectivity index (χ2n) is 3.85. The number of carbonyl (C=O) groups excluding carboxylic acids is 1. The van der Waals surface area contributed by atoms with Gasteiger partial charge < -0.3 is 5.32 Å². The summed E-state index contributed by atoms with van der Waals surface area (Å²) in [6.07, 6.45) is 2.29. The fourth-order valence-corrected chi connectivity index (χ4v) is 1.72. The summed E-state index contributed by atoms with van der Waals surface area (Å²) in [6.45, 7) is 9.40. The first-order chi connectivity index (χ1) is 6.60. The minimum absolute atomic E-state index is 0.176. The number of hydrogen-bond acceptors (Lipinski definition) is 2. The maximum Gasteiger partial charge on any atom is 0.230 e. The highest BCUT2D eigenvalue weighted by molar-refractivity contribution is 8.00. The molecular formula is C11H23NOS. The van der Waals surface area contributed by atoms with Crippen molar-refractivity contribution in [1.82, 2.24) is 5.32 Å². The Morgan fingerprint density at radius 2 is 1.86 bits per heavy atom. The van der Waals surface area contributed by atoms with Gasteiger partial charge in [-0.3, -0.25) is 4.79 Å². The average molecular weight is 217 g/mol. The average Bonchev–Trinajstić information content (AvgIpc) is 2.16. The van der Waals surface area contributed by atoms with Crippen LogP contribution in [0.5, 0.6) is 0 Å². The third kappa shape index (κ3) is 7.25. The Bertz CT molecular complexity index is 155. The predicted octanol–water partition coefficient (Wildman–Crippen LogP) is 2.68. The zero-order valence-electron chi connectivity index (χ0n) is 9.80. The molecular weight excluding hydrogens is 194 g/mol. The van der Waals surface area contributed by atoms with Crippen LogP contribution in [0.2, 0.25) is 0 Å². The number of hydrogen-bond donors (Lipinski definition) is 1. The van der Waals surface area contributed by atoms with E-state index in [9.17, 15) is 4.79 Å². The van der Waals surface area contributed by atoms with Crippen LogP contribution in [0, 0.1) is 5.92 Å². The lowest BCUT2D eigenvalue weighted by Crippen LogP contribution is -2.30. The largest absolute Gasteiger partial charge is 0.355 e. The van der Waals surface area contributed by atoms with Crippen molar-refractivity contribution in [3.8, 4) is 0 Å². The van der Waals surface area contributed by atoms with E-state index in [0.29, 0.717) is 16.9 Å². The van der Waals surface area contributed by atoms with Gasteiger partial charge in [-0.25, -0.2) is 0 Å². The highest BCUT2D eigenvalue weighted by Crippen LogP contribution is 2.09. The summed E-state index contributed by atoms with van der Waals surface area (Å²) >= 11 is 1.69. The Hall–Kier alpha value is -0.180. The van der Waals surface area contributed by atoms with Crippen molar-refractivity contribution < 1.29 is 4.79 Å². The maximum absolute atomic E-state index is 11.4. The number of amides is 1. The van der Waals surface area contributed by atoms with Gasteiger partial charge in [0.05, 0.1) is 5.75 Å². The zero-order chi connectivity index (χ0) is 11.0. The normalized spacial score (nSPS) is 11.0. The first-order valence-electron chi connectivity index (χ1n) is 5.48.